The van der Waals surface area contributed by atoms with Crippen molar-refractivity contribution in [2.24, 2.45) is 11.7 Å². The summed E-state index contributed by atoms with van der Waals surface area (Å²) in [6.07, 6.45) is 5.78. The van der Waals surface area contributed by atoms with E-state index in [2.05, 4.69) is 37.5 Å². The molecule has 1 heterocycles. The second-order valence-electron chi connectivity index (χ2n) is 10.8. The molecule has 41 heavy (non-hydrogen) atoms. The average Bonchev–Trinajstić information content (AvgIpc) is 3.10. The van der Waals surface area contributed by atoms with Crippen LogP contribution in [0.2, 0.25) is 5.02 Å². The molecule has 3 aromatic rings. The molecule has 7 nitrogen and oxygen atoms in total. The average molecular weight is 610 g/mol. The van der Waals surface area contributed by atoms with Crippen molar-refractivity contribution in [2.45, 2.75) is 57.7 Å². The van der Waals surface area contributed by atoms with Gasteiger partial charge < -0.3 is 25.7 Å². The third-order valence-corrected chi connectivity index (χ3v) is 9.01. The van der Waals surface area contributed by atoms with Crippen LogP contribution < -0.4 is 26.4 Å². The number of anilines is 4. The van der Waals surface area contributed by atoms with Gasteiger partial charge in [0.05, 0.1) is 11.9 Å². The lowest BCUT2D eigenvalue weighted by Gasteiger charge is -2.18. The van der Waals surface area contributed by atoms with Crippen LogP contribution in [0.4, 0.5) is 36.3 Å². The van der Waals surface area contributed by atoms with Gasteiger partial charge in [-0.25, -0.2) is 4.98 Å². The number of aryl methyl sites for hydroxylation is 2. The Hall–Kier alpha value is -2.81. The Balaban J connectivity index is 1.48. The Morgan fingerprint density at radius 1 is 1.05 bits per heavy atom. The molecule has 222 valence electrons. The Morgan fingerprint density at radius 2 is 1.80 bits per heavy atom. The maximum atomic E-state index is 12.9. The first-order valence-corrected chi connectivity index (χ1v) is 16.7. The van der Waals surface area contributed by atoms with E-state index in [9.17, 15) is 17.7 Å². The van der Waals surface area contributed by atoms with E-state index in [0.717, 1.165) is 49.5 Å². The summed E-state index contributed by atoms with van der Waals surface area (Å²) in [7, 11) is -3.01. The molecule has 1 atom stereocenters. The SMILES string of the molecule is CP(C)(=O)c1cc(OC(F)(F)F)ccc1Nc1nc(Nc2ccc3c(c2)CC[C@@H](CCCCCN)CC3)ncc1Cl. The molecule has 0 saturated carbocycles. The molecule has 0 spiro atoms. The minimum absolute atomic E-state index is 0.173. The number of aromatic nitrogens is 2. The molecule has 0 saturated heterocycles. The number of fused-ring (bicyclic) bond motifs is 1. The molecule has 0 unspecified atom stereocenters. The fraction of sp³-hybridized carbons (Fsp3) is 0.448. The Bertz CT molecular complexity index is 1400. The number of benzene rings is 2. The summed E-state index contributed by atoms with van der Waals surface area (Å²) >= 11 is 6.35. The molecule has 0 amide bonds. The molecule has 0 bridgehead atoms. The van der Waals surface area contributed by atoms with Crippen LogP contribution in [0.5, 0.6) is 5.75 Å². The highest BCUT2D eigenvalue weighted by atomic mass is 35.5. The maximum absolute atomic E-state index is 12.9. The van der Waals surface area contributed by atoms with Crippen LogP contribution in [0.1, 0.15) is 49.7 Å². The second-order valence-corrected chi connectivity index (χ2v) is 14.4. The largest absolute Gasteiger partial charge is 0.573 e. The van der Waals surface area contributed by atoms with Gasteiger partial charge in [0.1, 0.15) is 17.9 Å². The highest BCUT2D eigenvalue weighted by Gasteiger charge is 2.32. The summed E-state index contributed by atoms with van der Waals surface area (Å²) in [5.41, 5.74) is 9.46. The first kappa shape index (κ1) is 31.1. The molecule has 4 N–H and O–H groups in total. The normalized spacial score (nSPS) is 15.6. The first-order chi connectivity index (χ1) is 19.4. The predicted molar refractivity (Wildman–Crippen MR) is 160 cm³/mol. The number of nitrogens with one attached hydrogen (secondary N) is 2. The molecule has 12 heteroatoms. The summed E-state index contributed by atoms with van der Waals surface area (Å²) in [4.78, 5) is 8.77. The number of hydrogen-bond acceptors (Lipinski definition) is 7. The number of unbranched alkanes of at least 4 members (excludes halogenated alkanes) is 2. The van der Waals surface area contributed by atoms with E-state index in [1.165, 1.54) is 68.8 Å². The summed E-state index contributed by atoms with van der Waals surface area (Å²) in [6.45, 7) is 3.68. The van der Waals surface area contributed by atoms with Crippen LogP contribution in [-0.4, -0.2) is 36.2 Å². The van der Waals surface area contributed by atoms with Crippen molar-refractivity contribution in [1.82, 2.24) is 9.97 Å². The van der Waals surface area contributed by atoms with Gasteiger partial charge in [-0.1, -0.05) is 36.9 Å². The second kappa shape index (κ2) is 13.4. The van der Waals surface area contributed by atoms with Crippen LogP contribution in [-0.2, 0) is 17.4 Å². The fourth-order valence-corrected chi connectivity index (χ4v) is 6.41. The van der Waals surface area contributed by atoms with Crippen molar-refractivity contribution in [2.75, 3.05) is 30.5 Å². The lowest BCUT2D eigenvalue weighted by Crippen LogP contribution is -2.19. The molecule has 1 aliphatic rings. The number of nitrogens with zero attached hydrogens (tertiary/aromatic N) is 2. The molecule has 1 aromatic heterocycles. The van der Waals surface area contributed by atoms with Gasteiger partial charge in [0, 0.05) is 11.0 Å². The molecule has 1 aliphatic carbocycles. The zero-order valence-electron chi connectivity index (χ0n) is 23.2. The van der Waals surface area contributed by atoms with E-state index in [4.69, 9.17) is 17.3 Å². The van der Waals surface area contributed by atoms with E-state index in [-0.39, 0.29) is 22.1 Å². The van der Waals surface area contributed by atoms with Crippen molar-refractivity contribution < 1.29 is 22.5 Å². The van der Waals surface area contributed by atoms with Gasteiger partial charge in [0.15, 0.2) is 5.82 Å². The highest BCUT2D eigenvalue weighted by molar-refractivity contribution is 7.70. The van der Waals surface area contributed by atoms with Crippen LogP contribution in [0.3, 0.4) is 0 Å². The maximum Gasteiger partial charge on any atom is 0.573 e. The topological polar surface area (TPSA) is 102 Å². The number of nitrogens with two attached hydrogens (primary N) is 1. The van der Waals surface area contributed by atoms with Gasteiger partial charge >= 0.3 is 6.36 Å². The monoisotopic (exact) mass is 609 g/mol. The highest BCUT2D eigenvalue weighted by Crippen LogP contribution is 2.41. The van der Waals surface area contributed by atoms with Crippen molar-refractivity contribution in [3.05, 3.63) is 58.7 Å². The van der Waals surface area contributed by atoms with Gasteiger partial charge in [-0.3, -0.25) is 0 Å². The Labute approximate surface area is 243 Å². The minimum Gasteiger partial charge on any atom is -0.406 e. The molecular weight excluding hydrogens is 574 g/mol. The molecule has 0 radical (unpaired) electrons. The predicted octanol–water partition coefficient (Wildman–Crippen LogP) is 7.78. The lowest BCUT2D eigenvalue weighted by molar-refractivity contribution is -0.274. The molecular formula is C29H36ClF3N5O2P. The zero-order valence-corrected chi connectivity index (χ0v) is 24.9. The lowest BCUT2D eigenvalue weighted by atomic mass is 9.93. The third kappa shape index (κ3) is 9.09. The third-order valence-electron chi connectivity index (χ3n) is 7.20. The smallest absolute Gasteiger partial charge is 0.406 e. The number of ether oxygens (including phenoxy) is 1. The van der Waals surface area contributed by atoms with Crippen LogP contribution in [0, 0.1) is 5.92 Å². The van der Waals surface area contributed by atoms with E-state index in [0.29, 0.717) is 5.69 Å². The van der Waals surface area contributed by atoms with Crippen LogP contribution in [0.25, 0.3) is 0 Å². The molecule has 2 aromatic carbocycles. The van der Waals surface area contributed by atoms with E-state index in [1.54, 1.807) is 0 Å². The van der Waals surface area contributed by atoms with Crippen molar-refractivity contribution in [3.8, 4) is 5.75 Å². The van der Waals surface area contributed by atoms with Gasteiger partial charge in [-0.2, -0.15) is 4.98 Å². The summed E-state index contributed by atoms with van der Waals surface area (Å²) in [6, 6.07) is 9.92. The fourth-order valence-electron chi connectivity index (χ4n) is 5.12. The van der Waals surface area contributed by atoms with Crippen LogP contribution >= 0.6 is 18.7 Å². The standard InChI is InChI=1S/C29H36ClF3N5O2P/c1-41(2,39)26-17-23(40-29(31,32)33)13-14-25(26)37-27-24(30)18-35-28(38-27)36-22-12-11-20-9-7-19(6-4-3-5-15-34)8-10-21(20)16-22/h11-14,16-19H,3-10,15,34H2,1-2H3,(H2,35,36,37,38)/t19-/m0/s1. The van der Waals surface area contributed by atoms with Crippen molar-refractivity contribution >= 4 is 47.2 Å². The number of rotatable bonds is 11. The van der Waals surface area contributed by atoms with E-state index in [1.807, 2.05) is 6.07 Å². The summed E-state index contributed by atoms with van der Waals surface area (Å²) < 4.78 is 55.2. The quantitative estimate of drug-likeness (QED) is 0.116. The summed E-state index contributed by atoms with van der Waals surface area (Å²) in [5.74, 6) is 0.776. The van der Waals surface area contributed by atoms with Crippen molar-refractivity contribution in [3.63, 3.8) is 0 Å². The first-order valence-electron chi connectivity index (χ1n) is 13.7. The Morgan fingerprint density at radius 3 is 2.51 bits per heavy atom. The van der Waals surface area contributed by atoms with Crippen molar-refractivity contribution in [1.29, 1.82) is 0 Å². The number of alkyl halides is 3. The van der Waals surface area contributed by atoms with E-state index < -0.39 is 19.3 Å². The van der Waals surface area contributed by atoms with Gasteiger partial charge in [-0.05, 0) is 99.4 Å². The number of halogens is 4. The van der Waals surface area contributed by atoms with Gasteiger partial charge in [0.25, 0.3) is 0 Å². The van der Waals surface area contributed by atoms with Crippen LogP contribution in [0.15, 0.2) is 42.6 Å². The van der Waals surface area contributed by atoms with Gasteiger partial charge in [-0.15, -0.1) is 13.2 Å². The molecule has 0 aliphatic heterocycles. The summed E-state index contributed by atoms with van der Waals surface area (Å²) in [5, 5.41) is 6.61. The minimum atomic E-state index is -4.86. The molecule has 4 rings (SSSR count). The number of hydrogen-bond donors (Lipinski definition) is 3. The van der Waals surface area contributed by atoms with E-state index >= 15 is 0 Å². The van der Waals surface area contributed by atoms with Gasteiger partial charge in [0.2, 0.25) is 5.95 Å². The molecule has 0 fully saturated rings. The zero-order chi connectivity index (χ0) is 29.6. The Kier molecular flexibility index (Phi) is 10.2.